The number of hydrogen-bond acceptors (Lipinski definition) is 3. The van der Waals surface area contributed by atoms with Gasteiger partial charge in [0.25, 0.3) is 0 Å². The highest BCUT2D eigenvalue weighted by atomic mass is 16.5. The number of nitrogens with zero attached hydrogens (tertiary/aromatic N) is 2. The number of hydrazine groups is 1. The minimum absolute atomic E-state index is 0.333. The Labute approximate surface area is 66.2 Å². The molecule has 3 N–H and O–H groups in total. The molecule has 0 unspecified atom stereocenters. The molecule has 64 valence electrons. The molecule has 0 radical (unpaired) electrons. The number of nitrogens with one attached hydrogen (secondary N) is 1. The van der Waals surface area contributed by atoms with Gasteiger partial charge < -0.3 is 9.64 Å². The number of ether oxygens (including phenoxy) is 1. The summed E-state index contributed by atoms with van der Waals surface area (Å²) in [5, 5.41) is 0. The summed E-state index contributed by atoms with van der Waals surface area (Å²) in [6, 6.07) is 0. The maximum absolute atomic E-state index is 5.22. The monoisotopic (exact) mass is 158 g/mol. The van der Waals surface area contributed by atoms with Crippen molar-refractivity contribution < 1.29 is 4.74 Å². The Hall–Kier alpha value is -0.810. The normalized spacial score (nSPS) is 19.9. The summed E-state index contributed by atoms with van der Waals surface area (Å²) in [4.78, 5) is 5.97. The van der Waals surface area contributed by atoms with Crippen LogP contribution in [0.4, 0.5) is 0 Å². The van der Waals surface area contributed by atoms with E-state index in [1.165, 1.54) is 0 Å². The Kier molecular flexibility index (Phi) is 2.67. The van der Waals surface area contributed by atoms with Crippen LogP contribution in [0.25, 0.3) is 0 Å². The van der Waals surface area contributed by atoms with Crippen LogP contribution < -0.4 is 11.3 Å². The second kappa shape index (κ2) is 3.54. The quantitative estimate of drug-likeness (QED) is 0.217. The van der Waals surface area contributed by atoms with E-state index in [1.54, 1.807) is 14.2 Å². The lowest BCUT2D eigenvalue weighted by atomic mass is 10.2. The Morgan fingerprint density at radius 3 is 2.73 bits per heavy atom. The maximum atomic E-state index is 5.22. The third-order valence-electron chi connectivity index (χ3n) is 1.82. The van der Waals surface area contributed by atoms with E-state index in [0.29, 0.717) is 6.10 Å². The van der Waals surface area contributed by atoms with E-state index in [9.17, 15) is 0 Å². The highest BCUT2D eigenvalue weighted by Gasteiger charge is 2.28. The van der Waals surface area contributed by atoms with Crippen molar-refractivity contribution in [3.63, 3.8) is 0 Å². The number of aliphatic imine (C=N–C) groups is 1. The SMILES string of the molecule is CN=C(NN)N1CC(OC)C1. The van der Waals surface area contributed by atoms with E-state index in [0.717, 1.165) is 19.0 Å². The number of rotatable bonds is 1. The fraction of sp³-hybridized carbons (Fsp3) is 0.833. The standard InChI is InChI=1S/C6H14N4O/c1-8-6(9-7)10-3-5(4-10)11-2/h5H,3-4,7H2,1-2H3,(H,8,9). The molecule has 0 saturated carbocycles. The van der Waals surface area contributed by atoms with Gasteiger partial charge in [-0.25, -0.2) is 5.84 Å². The lowest BCUT2D eigenvalue weighted by Gasteiger charge is -2.39. The van der Waals surface area contributed by atoms with Crippen molar-refractivity contribution in [2.24, 2.45) is 10.8 Å². The third kappa shape index (κ3) is 1.61. The van der Waals surface area contributed by atoms with Crippen molar-refractivity contribution in [1.29, 1.82) is 0 Å². The molecule has 0 aliphatic carbocycles. The fourth-order valence-electron chi connectivity index (χ4n) is 1.06. The summed E-state index contributed by atoms with van der Waals surface area (Å²) >= 11 is 0. The van der Waals surface area contributed by atoms with Gasteiger partial charge in [-0.15, -0.1) is 0 Å². The molecule has 1 rings (SSSR count). The zero-order chi connectivity index (χ0) is 8.27. The Morgan fingerprint density at radius 1 is 1.73 bits per heavy atom. The Bertz CT molecular complexity index is 153. The first kappa shape index (κ1) is 8.29. The molecule has 0 aromatic heterocycles. The summed E-state index contributed by atoms with van der Waals surface area (Å²) in [5.74, 6) is 5.94. The van der Waals surface area contributed by atoms with Crippen LogP contribution in [-0.2, 0) is 4.74 Å². The van der Waals surface area contributed by atoms with Crippen LogP contribution in [0, 0.1) is 0 Å². The fourth-order valence-corrected chi connectivity index (χ4v) is 1.06. The van der Waals surface area contributed by atoms with E-state index in [4.69, 9.17) is 10.6 Å². The van der Waals surface area contributed by atoms with Gasteiger partial charge >= 0.3 is 0 Å². The van der Waals surface area contributed by atoms with Gasteiger partial charge in [-0.05, 0) is 0 Å². The van der Waals surface area contributed by atoms with Crippen molar-refractivity contribution >= 4 is 5.96 Å². The Morgan fingerprint density at radius 2 is 2.36 bits per heavy atom. The second-order valence-electron chi connectivity index (χ2n) is 2.45. The van der Waals surface area contributed by atoms with Crippen molar-refractivity contribution in [2.75, 3.05) is 27.2 Å². The predicted molar refractivity (Wildman–Crippen MR) is 43.1 cm³/mol. The van der Waals surface area contributed by atoms with Gasteiger partial charge in [-0.1, -0.05) is 0 Å². The third-order valence-corrected chi connectivity index (χ3v) is 1.82. The maximum Gasteiger partial charge on any atom is 0.208 e. The molecule has 0 amide bonds. The van der Waals surface area contributed by atoms with Gasteiger partial charge in [0.15, 0.2) is 0 Å². The molecule has 5 nitrogen and oxygen atoms in total. The summed E-state index contributed by atoms with van der Waals surface area (Å²) in [6.45, 7) is 1.74. The minimum Gasteiger partial charge on any atom is -0.378 e. The molecule has 1 heterocycles. The number of likely N-dealkylation sites (tertiary alicyclic amines) is 1. The van der Waals surface area contributed by atoms with Crippen molar-refractivity contribution in [1.82, 2.24) is 10.3 Å². The van der Waals surface area contributed by atoms with Crippen molar-refractivity contribution in [3.8, 4) is 0 Å². The highest BCUT2D eigenvalue weighted by Crippen LogP contribution is 2.09. The van der Waals surface area contributed by atoms with Crippen LogP contribution in [0.2, 0.25) is 0 Å². The second-order valence-corrected chi connectivity index (χ2v) is 2.45. The lowest BCUT2D eigenvalue weighted by Crippen LogP contribution is -2.59. The Balaban J connectivity index is 2.30. The van der Waals surface area contributed by atoms with Crippen LogP contribution in [0.1, 0.15) is 0 Å². The first-order valence-electron chi connectivity index (χ1n) is 3.53. The first-order valence-corrected chi connectivity index (χ1v) is 3.53. The highest BCUT2D eigenvalue weighted by molar-refractivity contribution is 5.80. The summed E-state index contributed by atoms with van der Waals surface area (Å²) in [5.41, 5.74) is 2.52. The molecule has 0 aromatic rings. The molecular formula is C6H14N4O. The van der Waals surface area contributed by atoms with Gasteiger partial charge in [-0.3, -0.25) is 10.4 Å². The van der Waals surface area contributed by atoms with E-state index < -0.39 is 0 Å². The van der Waals surface area contributed by atoms with E-state index >= 15 is 0 Å². The lowest BCUT2D eigenvalue weighted by molar-refractivity contribution is 0.00411. The molecule has 11 heavy (non-hydrogen) atoms. The molecule has 1 aliphatic rings. The van der Waals surface area contributed by atoms with E-state index in [1.807, 2.05) is 4.90 Å². The number of guanidine groups is 1. The zero-order valence-electron chi connectivity index (χ0n) is 6.87. The molecule has 0 bridgehead atoms. The first-order chi connectivity index (χ1) is 5.31. The molecule has 5 heteroatoms. The molecule has 1 fully saturated rings. The van der Waals surface area contributed by atoms with Gasteiger partial charge in [0.2, 0.25) is 5.96 Å². The molecule has 1 aliphatic heterocycles. The van der Waals surface area contributed by atoms with E-state index in [-0.39, 0.29) is 0 Å². The predicted octanol–water partition coefficient (Wildman–Crippen LogP) is -1.23. The molecular weight excluding hydrogens is 144 g/mol. The van der Waals surface area contributed by atoms with Gasteiger partial charge in [0.05, 0.1) is 6.10 Å². The summed E-state index contributed by atoms with van der Waals surface area (Å²) < 4.78 is 5.09. The number of nitrogens with two attached hydrogens (primary N) is 1. The van der Waals surface area contributed by atoms with Crippen LogP contribution in [-0.4, -0.2) is 44.2 Å². The molecule has 0 aromatic carbocycles. The van der Waals surface area contributed by atoms with Gasteiger partial charge in [0, 0.05) is 27.2 Å². The molecule has 0 atom stereocenters. The van der Waals surface area contributed by atoms with Gasteiger partial charge in [0.1, 0.15) is 0 Å². The van der Waals surface area contributed by atoms with Crippen LogP contribution >= 0.6 is 0 Å². The minimum atomic E-state index is 0.333. The largest absolute Gasteiger partial charge is 0.378 e. The summed E-state index contributed by atoms with van der Waals surface area (Å²) in [6.07, 6.45) is 0.333. The average molecular weight is 158 g/mol. The summed E-state index contributed by atoms with van der Waals surface area (Å²) in [7, 11) is 3.41. The number of hydrogen-bond donors (Lipinski definition) is 2. The zero-order valence-corrected chi connectivity index (χ0v) is 6.87. The molecule has 1 saturated heterocycles. The van der Waals surface area contributed by atoms with Crippen molar-refractivity contribution in [3.05, 3.63) is 0 Å². The van der Waals surface area contributed by atoms with Crippen molar-refractivity contribution in [2.45, 2.75) is 6.10 Å². The topological polar surface area (TPSA) is 62.9 Å². The van der Waals surface area contributed by atoms with E-state index in [2.05, 4.69) is 10.4 Å². The van der Waals surface area contributed by atoms with Crippen LogP contribution in [0.3, 0.4) is 0 Å². The smallest absolute Gasteiger partial charge is 0.208 e. The van der Waals surface area contributed by atoms with Gasteiger partial charge in [-0.2, -0.15) is 0 Å². The molecule has 0 spiro atoms. The number of methoxy groups -OCH3 is 1. The van der Waals surface area contributed by atoms with Crippen LogP contribution in [0.5, 0.6) is 0 Å². The van der Waals surface area contributed by atoms with Crippen LogP contribution in [0.15, 0.2) is 4.99 Å². The average Bonchev–Trinajstić information content (AvgIpc) is 1.95.